The van der Waals surface area contributed by atoms with Crippen molar-refractivity contribution in [1.29, 1.82) is 0 Å². The van der Waals surface area contributed by atoms with E-state index in [1.54, 1.807) is 10.6 Å². The number of carbonyl (C=O) groups is 1. The molecule has 0 spiro atoms. The van der Waals surface area contributed by atoms with Gasteiger partial charge in [-0.1, -0.05) is 0 Å². The molecule has 0 amide bonds. The molecule has 2 N–H and O–H groups in total. The summed E-state index contributed by atoms with van der Waals surface area (Å²) in [7, 11) is 0. The van der Waals surface area contributed by atoms with Crippen LogP contribution in [-0.2, 0) is 6.54 Å². The standard InChI is InChI=1S/C16H18FN3O3/c1-2-19-9-11(16(22)23)15(21)10-7-12(17)14(8-13(10)19)20-5-3-18-4-6-20/h7-9,18H,2-6H2,1H3,(H,22,23)/i17-1. The summed E-state index contributed by atoms with van der Waals surface area (Å²) in [4.78, 5) is 25.4. The Morgan fingerprint density at radius 3 is 2.65 bits per heavy atom. The molecule has 1 aliphatic heterocycles. The van der Waals surface area contributed by atoms with E-state index in [4.69, 9.17) is 5.11 Å². The lowest BCUT2D eigenvalue weighted by Gasteiger charge is -2.30. The number of hydrogen-bond acceptors (Lipinski definition) is 4. The Balaban J connectivity index is 2.24. The molecule has 7 heteroatoms. The highest BCUT2D eigenvalue weighted by molar-refractivity contribution is 5.93. The van der Waals surface area contributed by atoms with E-state index in [1.165, 1.54) is 6.20 Å². The summed E-state index contributed by atoms with van der Waals surface area (Å²) in [6.45, 7) is 5.26. The summed E-state index contributed by atoms with van der Waals surface area (Å²) >= 11 is 0. The summed E-state index contributed by atoms with van der Waals surface area (Å²) in [6, 6.07) is 2.81. The lowest BCUT2D eigenvalue weighted by Crippen LogP contribution is -2.43. The molecule has 2 aromatic rings. The van der Waals surface area contributed by atoms with E-state index in [9.17, 15) is 14.0 Å². The molecule has 1 saturated heterocycles. The molecule has 6 nitrogen and oxygen atoms in total. The van der Waals surface area contributed by atoms with Crippen molar-refractivity contribution in [1.82, 2.24) is 9.88 Å². The Morgan fingerprint density at radius 1 is 1.35 bits per heavy atom. The monoisotopic (exact) mass is 318 g/mol. The lowest BCUT2D eigenvalue weighted by molar-refractivity contribution is 0.0695. The SMILES string of the molecule is CCn1cc(C(=O)O)c(=O)c2cc([18F])c(N3CCNCC3)cc21. The number of aromatic nitrogens is 1. The van der Waals surface area contributed by atoms with E-state index in [0.717, 1.165) is 19.2 Å². The van der Waals surface area contributed by atoms with Crippen LogP contribution in [0.5, 0.6) is 0 Å². The second-order valence-corrected chi connectivity index (χ2v) is 5.52. The zero-order chi connectivity index (χ0) is 16.6. The minimum atomic E-state index is -1.30. The number of aryl methyl sites for hydroxylation is 1. The second-order valence-electron chi connectivity index (χ2n) is 5.52. The van der Waals surface area contributed by atoms with Crippen molar-refractivity contribution in [3.05, 3.63) is 39.9 Å². The van der Waals surface area contributed by atoms with Crippen LogP contribution in [0.3, 0.4) is 0 Å². The average molecular weight is 318 g/mol. The largest absolute Gasteiger partial charge is 0.477 e. The van der Waals surface area contributed by atoms with Gasteiger partial charge in [0.1, 0.15) is 11.4 Å². The average Bonchev–Trinajstić information content (AvgIpc) is 2.55. The number of nitrogens with zero attached hydrogens (tertiary/aromatic N) is 2. The smallest absolute Gasteiger partial charge is 0.341 e. The van der Waals surface area contributed by atoms with Gasteiger partial charge in [0.05, 0.1) is 11.2 Å². The Hall–Kier alpha value is -2.41. The molecule has 0 atom stereocenters. The Kier molecular flexibility index (Phi) is 4.04. The number of piperazine rings is 1. The molecule has 1 aromatic heterocycles. The molecule has 0 unspecified atom stereocenters. The van der Waals surface area contributed by atoms with Crippen molar-refractivity contribution in [3.63, 3.8) is 0 Å². The summed E-state index contributed by atoms with van der Waals surface area (Å²) in [5.41, 5.74) is 0.0118. The Morgan fingerprint density at radius 2 is 2.04 bits per heavy atom. The van der Waals surface area contributed by atoms with Gasteiger partial charge in [-0.15, -0.1) is 0 Å². The van der Waals surface area contributed by atoms with Crippen LogP contribution in [0.4, 0.5) is 10.1 Å². The molecule has 23 heavy (non-hydrogen) atoms. The van der Waals surface area contributed by atoms with Crippen LogP contribution in [0, 0.1) is 5.82 Å². The van der Waals surface area contributed by atoms with Gasteiger partial charge >= 0.3 is 5.97 Å². The number of anilines is 1. The highest BCUT2D eigenvalue weighted by Crippen LogP contribution is 2.25. The fraction of sp³-hybridized carbons (Fsp3) is 0.375. The third-order valence-electron chi connectivity index (χ3n) is 4.18. The number of rotatable bonds is 3. The molecular formula is C16H18FN3O3. The summed E-state index contributed by atoms with van der Waals surface area (Å²) < 4.78 is 16.2. The van der Waals surface area contributed by atoms with Gasteiger partial charge in [-0.25, -0.2) is 9.18 Å². The molecule has 2 heterocycles. The molecule has 122 valence electrons. The number of carboxylic acid groups (broad SMARTS) is 1. The lowest BCUT2D eigenvalue weighted by atomic mass is 10.1. The third-order valence-corrected chi connectivity index (χ3v) is 4.18. The summed E-state index contributed by atoms with van der Waals surface area (Å²) in [5, 5.41) is 12.5. The van der Waals surface area contributed by atoms with Crippen molar-refractivity contribution in [2.24, 2.45) is 0 Å². The maximum absolute atomic E-state index is 14.5. The Bertz CT molecular complexity index is 825. The minimum absolute atomic E-state index is 0.100. The number of hydrogen-bond donors (Lipinski definition) is 2. The van der Waals surface area contributed by atoms with Gasteiger partial charge in [0.2, 0.25) is 5.43 Å². The molecule has 1 fully saturated rings. The third kappa shape index (κ3) is 2.68. The van der Waals surface area contributed by atoms with Gasteiger partial charge in [-0.2, -0.15) is 0 Å². The molecular weight excluding hydrogens is 300 g/mol. The van der Waals surface area contributed by atoms with Gasteiger partial charge in [-0.05, 0) is 19.1 Å². The predicted octanol–water partition coefficient (Wildman–Crippen LogP) is 1.27. The van der Waals surface area contributed by atoms with E-state index in [-0.39, 0.29) is 10.9 Å². The number of aromatic carboxylic acids is 1. The van der Waals surface area contributed by atoms with Crippen molar-refractivity contribution >= 4 is 22.6 Å². The fourth-order valence-corrected chi connectivity index (χ4v) is 2.96. The number of nitrogens with one attached hydrogen (secondary N) is 1. The van der Waals surface area contributed by atoms with E-state index < -0.39 is 17.2 Å². The van der Waals surface area contributed by atoms with Crippen LogP contribution in [0.1, 0.15) is 17.3 Å². The van der Waals surface area contributed by atoms with Crippen LogP contribution in [0.2, 0.25) is 0 Å². The predicted molar refractivity (Wildman–Crippen MR) is 85.9 cm³/mol. The molecule has 3 rings (SSSR count). The molecule has 1 aliphatic rings. The van der Waals surface area contributed by atoms with Crippen molar-refractivity contribution in [2.75, 3.05) is 31.1 Å². The van der Waals surface area contributed by atoms with Gasteiger partial charge in [-0.3, -0.25) is 4.79 Å². The first kappa shape index (κ1) is 15.5. The number of halogens is 1. The molecule has 1 aromatic carbocycles. The fourth-order valence-electron chi connectivity index (χ4n) is 2.96. The van der Waals surface area contributed by atoms with Gasteiger partial charge in [0.25, 0.3) is 0 Å². The number of fused-ring (bicyclic) bond motifs is 1. The van der Waals surface area contributed by atoms with Crippen LogP contribution < -0.4 is 15.6 Å². The number of benzene rings is 1. The van der Waals surface area contributed by atoms with Crippen LogP contribution in [0.25, 0.3) is 10.9 Å². The van der Waals surface area contributed by atoms with Crippen molar-refractivity contribution in [2.45, 2.75) is 13.5 Å². The zero-order valence-electron chi connectivity index (χ0n) is 12.8. The van der Waals surface area contributed by atoms with Crippen molar-refractivity contribution < 1.29 is 14.3 Å². The molecule has 0 saturated carbocycles. The maximum atomic E-state index is 14.5. The number of carboxylic acids is 1. The van der Waals surface area contributed by atoms with E-state index in [2.05, 4.69) is 5.32 Å². The molecule has 0 aliphatic carbocycles. The quantitative estimate of drug-likeness (QED) is 0.891. The number of pyridine rings is 1. The second kappa shape index (κ2) is 6.00. The van der Waals surface area contributed by atoms with Gasteiger partial charge < -0.3 is 19.9 Å². The highest BCUT2D eigenvalue weighted by atomic mass is 18.2. The minimum Gasteiger partial charge on any atom is -0.477 e. The van der Waals surface area contributed by atoms with Crippen LogP contribution in [0.15, 0.2) is 23.1 Å². The van der Waals surface area contributed by atoms with Crippen LogP contribution in [-0.4, -0.2) is 41.8 Å². The first-order chi connectivity index (χ1) is 11.0. The maximum Gasteiger partial charge on any atom is 0.341 e. The van der Waals surface area contributed by atoms with E-state index in [1.807, 2.05) is 11.8 Å². The van der Waals surface area contributed by atoms with Crippen molar-refractivity contribution in [3.8, 4) is 0 Å². The normalized spacial score (nSPS) is 15.1. The first-order valence-corrected chi connectivity index (χ1v) is 7.58. The van der Waals surface area contributed by atoms with Gasteiger partial charge in [0, 0.05) is 44.3 Å². The topological polar surface area (TPSA) is 74.6 Å². The summed E-state index contributed by atoms with van der Waals surface area (Å²) in [6.07, 6.45) is 1.33. The zero-order valence-corrected chi connectivity index (χ0v) is 12.8. The van der Waals surface area contributed by atoms with Gasteiger partial charge in [0.15, 0.2) is 0 Å². The molecule has 0 radical (unpaired) electrons. The van der Waals surface area contributed by atoms with E-state index in [0.29, 0.717) is 30.8 Å². The van der Waals surface area contributed by atoms with Crippen LogP contribution >= 0.6 is 0 Å². The first-order valence-electron chi connectivity index (χ1n) is 7.58. The highest BCUT2D eigenvalue weighted by Gasteiger charge is 2.19. The Labute approximate surface area is 132 Å². The van der Waals surface area contributed by atoms with E-state index >= 15 is 0 Å². The molecule has 0 bridgehead atoms. The summed E-state index contributed by atoms with van der Waals surface area (Å²) in [5.74, 6) is -1.80.